The van der Waals surface area contributed by atoms with Crippen molar-refractivity contribution in [2.75, 3.05) is 11.5 Å². The van der Waals surface area contributed by atoms with Gasteiger partial charge < -0.3 is 20.1 Å². The van der Waals surface area contributed by atoms with Crippen LogP contribution >= 0.6 is 11.8 Å². The number of ether oxygens (including phenoxy) is 1. The number of hydrogen-bond acceptors (Lipinski definition) is 5. The summed E-state index contributed by atoms with van der Waals surface area (Å²) in [5.74, 6) is -0.706. The molecule has 6 heteroatoms. The summed E-state index contributed by atoms with van der Waals surface area (Å²) in [6.07, 6.45) is -0.894. The van der Waals surface area contributed by atoms with Crippen molar-refractivity contribution in [2.45, 2.75) is 58.5 Å². The number of hydrogen-bond donors (Lipinski definition) is 3. The van der Waals surface area contributed by atoms with E-state index in [0.29, 0.717) is 5.75 Å². The van der Waals surface area contributed by atoms with Gasteiger partial charge >= 0.3 is 5.97 Å². The predicted molar refractivity (Wildman–Crippen MR) is 76.4 cm³/mol. The van der Waals surface area contributed by atoms with Gasteiger partial charge in [0.05, 0.1) is 30.2 Å². The van der Waals surface area contributed by atoms with Gasteiger partial charge in [0.15, 0.2) is 0 Å². The maximum atomic E-state index is 10.3. The summed E-state index contributed by atoms with van der Waals surface area (Å²) in [6, 6.07) is 0. The Labute approximate surface area is 119 Å². The second-order valence-corrected chi connectivity index (χ2v) is 5.87. The van der Waals surface area contributed by atoms with Gasteiger partial charge in [-0.3, -0.25) is 4.79 Å². The van der Waals surface area contributed by atoms with Crippen molar-refractivity contribution < 1.29 is 24.9 Å². The molecule has 1 saturated heterocycles. The average Bonchev–Trinajstić information content (AvgIpc) is 2.33. The Bertz CT molecular complexity index is 261. The summed E-state index contributed by atoms with van der Waals surface area (Å²) >= 11 is 1.21. The van der Waals surface area contributed by atoms with Gasteiger partial charge in [-0.25, -0.2) is 0 Å². The lowest BCUT2D eigenvalue weighted by atomic mass is 9.89. The van der Waals surface area contributed by atoms with E-state index in [2.05, 4.69) is 13.8 Å². The first-order chi connectivity index (χ1) is 8.84. The van der Waals surface area contributed by atoms with Gasteiger partial charge in [0.25, 0.3) is 0 Å². The number of rotatable bonds is 4. The summed E-state index contributed by atoms with van der Waals surface area (Å²) in [7, 11) is 0. The molecule has 0 aliphatic carbocycles. The quantitative estimate of drug-likeness (QED) is 0.726. The largest absolute Gasteiger partial charge is 0.481 e. The molecule has 0 bridgehead atoms. The maximum absolute atomic E-state index is 10.3. The number of carboxylic acid groups (broad SMARTS) is 1. The van der Waals surface area contributed by atoms with Gasteiger partial charge in [0, 0.05) is 11.7 Å². The van der Waals surface area contributed by atoms with Crippen molar-refractivity contribution in [3.05, 3.63) is 0 Å². The zero-order valence-electron chi connectivity index (χ0n) is 12.1. The number of thioether (sulfide) groups is 1. The smallest absolute Gasteiger partial charge is 0.313 e. The molecule has 114 valence electrons. The van der Waals surface area contributed by atoms with Gasteiger partial charge in [0.2, 0.25) is 0 Å². The van der Waals surface area contributed by atoms with Crippen LogP contribution in [0.15, 0.2) is 0 Å². The third-order valence-corrected chi connectivity index (χ3v) is 3.85. The molecule has 1 aliphatic heterocycles. The van der Waals surface area contributed by atoms with Gasteiger partial charge in [-0.05, 0) is 6.92 Å². The Balaban J connectivity index is 0.000000982. The SMILES string of the molecule is CCC.C[C@@H]1[C@@H](O)[C@H](C)O[C@H](CSCC(=O)O)[C@H]1O. The molecule has 5 nitrogen and oxygen atoms in total. The summed E-state index contributed by atoms with van der Waals surface area (Å²) in [5, 5.41) is 28.0. The van der Waals surface area contributed by atoms with Crippen LogP contribution in [0.5, 0.6) is 0 Å². The number of aliphatic hydroxyl groups is 2. The molecule has 5 atom stereocenters. The Kier molecular flexibility index (Phi) is 9.43. The molecule has 1 rings (SSSR count). The Hall–Kier alpha value is -0.300. The normalized spacial score (nSPS) is 34.3. The Morgan fingerprint density at radius 3 is 2.21 bits per heavy atom. The standard InChI is InChI=1S/C10H18O5S.C3H8/c1-5-9(13)6(2)15-7(10(5)14)3-16-4-8(11)12;1-3-2/h5-7,9-10,13-14H,3-4H2,1-2H3,(H,11,12);3H2,1-2H3/t5-,6+,7-,9-,10+;/m1./s1. The van der Waals surface area contributed by atoms with Gasteiger partial charge in [-0.15, -0.1) is 11.8 Å². The van der Waals surface area contributed by atoms with Crippen LogP contribution in [0.25, 0.3) is 0 Å². The zero-order valence-corrected chi connectivity index (χ0v) is 12.9. The second-order valence-electron chi connectivity index (χ2n) is 4.84. The third-order valence-electron chi connectivity index (χ3n) is 2.84. The van der Waals surface area contributed by atoms with E-state index in [9.17, 15) is 15.0 Å². The van der Waals surface area contributed by atoms with E-state index in [0.717, 1.165) is 0 Å². The van der Waals surface area contributed by atoms with E-state index in [1.54, 1.807) is 13.8 Å². The molecule has 1 fully saturated rings. The van der Waals surface area contributed by atoms with Crippen LogP contribution in [-0.2, 0) is 9.53 Å². The van der Waals surface area contributed by atoms with E-state index in [-0.39, 0.29) is 17.8 Å². The van der Waals surface area contributed by atoms with Crippen molar-refractivity contribution in [1.82, 2.24) is 0 Å². The molecule has 0 unspecified atom stereocenters. The van der Waals surface area contributed by atoms with E-state index in [1.165, 1.54) is 18.2 Å². The molecule has 0 aromatic rings. The van der Waals surface area contributed by atoms with Crippen molar-refractivity contribution in [3.8, 4) is 0 Å². The molecule has 0 aromatic carbocycles. The number of aliphatic hydroxyl groups excluding tert-OH is 2. The van der Waals surface area contributed by atoms with E-state index < -0.39 is 24.3 Å². The fourth-order valence-electron chi connectivity index (χ4n) is 1.81. The summed E-state index contributed by atoms with van der Waals surface area (Å²) in [6.45, 7) is 7.77. The molecular formula is C13H26O5S. The highest BCUT2D eigenvalue weighted by Crippen LogP contribution is 2.27. The maximum Gasteiger partial charge on any atom is 0.313 e. The van der Waals surface area contributed by atoms with Crippen molar-refractivity contribution in [2.24, 2.45) is 5.92 Å². The first kappa shape index (κ1) is 18.7. The highest BCUT2D eigenvalue weighted by Gasteiger charge is 2.39. The second kappa shape index (κ2) is 9.58. The topological polar surface area (TPSA) is 87.0 Å². The molecule has 1 aliphatic rings. The van der Waals surface area contributed by atoms with E-state index in [1.807, 2.05) is 0 Å². The molecule has 19 heavy (non-hydrogen) atoms. The number of aliphatic carboxylic acids is 1. The fraction of sp³-hybridized carbons (Fsp3) is 0.923. The summed E-state index contributed by atoms with van der Waals surface area (Å²) in [4.78, 5) is 10.3. The Morgan fingerprint density at radius 1 is 1.21 bits per heavy atom. The lowest BCUT2D eigenvalue weighted by Gasteiger charge is -2.40. The lowest BCUT2D eigenvalue weighted by molar-refractivity contribution is -0.182. The molecular weight excluding hydrogens is 268 g/mol. The molecule has 1 heterocycles. The lowest BCUT2D eigenvalue weighted by Crippen LogP contribution is -2.53. The van der Waals surface area contributed by atoms with Crippen LogP contribution < -0.4 is 0 Å². The highest BCUT2D eigenvalue weighted by molar-refractivity contribution is 7.99. The monoisotopic (exact) mass is 294 g/mol. The van der Waals surface area contributed by atoms with E-state index in [4.69, 9.17) is 9.84 Å². The summed E-state index contributed by atoms with van der Waals surface area (Å²) in [5.41, 5.74) is 0. The van der Waals surface area contributed by atoms with E-state index >= 15 is 0 Å². The molecule has 0 amide bonds. The van der Waals surface area contributed by atoms with Crippen molar-refractivity contribution in [3.63, 3.8) is 0 Å². The minimum atomic E-state index is -0.878. The highest BCUT2D eigenvalue weighted by atomic mass is 32.2. The molecule has 3 N–H and O–H groups in total. The van der Waals surface area contributed by atoms with Crippen LogP contribution in [0.3, 0.4) is 0 Å². The fourth-order valence-corrected chi connectivity index (χ4v) is 2.61. The van der Waals surface area contributed by atoms with Crippen LogP contribution in [0.1, 0.15) is 34.1 Å². The molecule has 0 aromatic heterocycles. The molecule has 0 spiro atoms. The van der Waals surface area contributed by atoms with Crippen LogP contribution in [0, 0.1) is 5.92 Å². The van der Waals surface area contributed by atoms with Gasteiger partial charge in [-0.2, -0.15) is 0 Å². The van der Waals surface area contributed by atoms with Crippen LogP contribution in [-0.4, -0.2) is 57.2 Å². The van der Waals surface area contributed by atoms with Crippen LogP contribution in [0.2, 0.25) is 0 Å². The molecule has 0 saturated carbocycles. The zero-order chi connectivity index (χ0) is 15.0. The van der Waals surface area contributed by atoms with Crippen molar-refractivity contribution >= 4 is 17.7 Å². The summed E-state index contributed by atoms with van der Waals surface area (Å²) < 4.78 is 5.45. The Morgan fingerprint density at radius 2 is 1.74 bits per heavy atom. The first-order valence-electron chi connectivity index (χ1n) is 6.66. The third kappa shape index (κ3) is 6.61. The molecule has 0 radical (unpaired) electrons. The van der Waals surface area contributed by atoms with Gasteiger partial charge in [-0.1, -0.05) is 27.2 Å². The minimum Gasteiger partial charge on any atom is -0.481 e. The number of carboxylic acids is 1. The minimum absolute atomic E-state index is 0.00209. The predicted octanol–water partition coefficient (Wildman–Crippen LogP) is 1.37. The van der Waals surface area contributed by atoms with Gasteiger partial charge in [0.1, 0.15) is 0 Å². The van der Waals surface area contributed by atoms with Crippen molar-refractivity contribution in [1.29, 1.82) is 0 Å². The van der Waals surface area contributed by atoms with Crippen LogP contribution in [0.4, 0.5) is 0 Å². The average molecular weight is 294 g/mol. The first-order valence-corrected chi connectivity index (χ1v) is 7.81. The number of carbonyl (C=O) groups is 1.